The lowest BCUT2D eigenvalue weighted by atomic mass is 9.97. The maximum Gasteiger partial charge on any atom is 0.193 e. The van der Waals surface area contributed by atoms with Crippen LogP contribution in [0.1, 0.15) is 60.7 Å². The molecule has 7 nitrogen and oxygen atoms in total. The molecule has 2 heterocycles. The molecule has 192 valence electrons. The summed E-state index contributed by atoms with van der Waals surface area (Å²) in [6.07, 6.45) is 3.32. The highest BCUT2D eigenvalue weighted by Gasteiger charge is 2.18. The normalized spacial score (nSPS) is 13.9. The first-order valence-electron chi connectivity index (χ1n) is 12.8. The number of nitrogens with one attached hydrogen (secondary N) is 1. The number of carbonyl (C=O) groups excluding carboxylic acids is 3. The third kappa shape index (κ3) is 5.95. The van der Waals surface area contributed by atoms with Crippen LogP contribution >= 0.6 is 0 Å². The number of hydrogen-bond acceptors (Lipinski definition) is 6. The lowest BCUT2D eigenvalue weighted by molar-refractivity contribution is 0.0982. The fraction of sp³-hybridized carbons (Fsp3) is 0.226. The third-order valence-corrected chi connectivity index (χ3v) is 6.98. The minimum absolute atomic E-state index is 0.0185. The Balaban J connectivity index is 1.17. The SMILES string of the molecule is O=C(Cc1ccc(C(=O)c2ccc(CC(=O)c3ccn[nH]3)cc2)cc1)c1ccc(N2CCC(O)CC2)cc1. The molecule has 1 saturated heterocycles. The number of aliphatic hydroxyl groups is 1. The summed E-state index contributed by atoms with van der Waals surface area (Å²) in [6.45, 7) is 1.63. The number of aliphatic hydroxyl groups excluding tert-OH is 1. The molecule has 0 saturated carbocycles. The molecular weight excluding hydrogens is 478 g/mol. The molecule has 1 aliphatic rings. The van der Waals surface area contributed by atoms with Gasteiger partial charge in [0, 0.05) is 54.5 Å². The number of nitrogens with zero attached hydrogens (tertiary/aromatic N) is 2. The molecule has 0 atom stereocenters. The Labute approximate surface area is 221 Å². The van der Waals surface area contributed by atoms with Crippen LogP contribution in [0.3, 0.4) is 0 Å². The van der Waals surface area contributed by atoms with E-state index in [0.717, 1.165) is 42.7 Å². The van der Waals surface area contributed by atoms with Crippen molar-refractivity contribution in [1.29, 1.82) is 0 Å². The van der Waals surface area contributed by atoms with Crippen molar-refractivity contribution < 1.29 is 19.5 Å². The number of aromatic amines is 1. The highest BCUT2D eigenvalue weighted by molar-refractivity contribution is 6.09. The molecule has 3 aromatic carbocycles. The Morgan fingerprint density at radius 3 is 1.79 bits per heavy atom. The first kappa shape index (κ1) is 25.3. The van der Waals surface area contributed by atoms with Crippen LogP contribution in [0.4, 0.5) is 5.69 Å². The van der Waals surface area contributed by atoms with Gasteiger partial charge in [-0.05, 0) is 54.3 Å². The zero-order valence-corrected chi connectivity index (χ0v) is 21.0. The first-order valence-corrected chi connectivity index (χ1v) is 12.8. The number of Topliss-reactive ketones (excluding diaryl/α,β-unsaturated/α-hetero) is 2. The predicted molar refractivity (Wildman–Crippen MR) is 145 cm³/mol. The number of aromatic nitrogens is 2. The van der Waals surface area contributed by atoms with Gasteiger partial charge in [0.25, 0.3) is 0 Å². The first-order chi connectivity index (χ1) is 18.5. The van der Waals surface area contributed by atoms with Gasteiger partial charge in [-0.25, -0.2) is 0 Å². The Morgan fingerprint density at radius 1 is 0.737 bits per heavy atom. The number of anilines is 1. The second kappa shape index (κ2) is 11.4. The molecule has 1 fully saturated rings. The maximum atomic E-state index is 12.9. The number of H-pyrrole nitrogens is 1. The van der Waals surface area contributed by atoms with E-state index in [4.69, 9.17) is 0 Å². The zero-order chi connectivity index (χ0) is 26.5. The molecule has 0 amide bonds. The van der Waals surface area contributed by atoms with Crippen LogP contribution in [0.15, 0.2) is 85.1 Å². The summed E-state index contributed by atoms with van der Waals surface area (Å²) in [4.78, 5) is 40.2. The number of hydrogen-bond donors (Lipinski definition) is 2. The number of carbonyl (C=O) groups is 3. The van der Waals surface area contributed by atoms with Crippen LogP contribution in [-0.2, 0) is 12.8 Å². The average Bonchev–Trinajstić information content (AvgIpc) is 3.50. The number of benzene rings is 3. The van der Waals surface area contributed by atoms with Gasteiger partial charge in [-0.15, -0.1) is 0 Å². The van der Waals surface area contributed by atoms with E-state index < -0.39 is 0 Å². The van der Waals surface area contributed by atoms with Crippen molar-refractivity contribution in [3.8, 4) is 0 Å². The Hall–Kier alpha value is -4.36. The van der Waals surface area contributed by atoms with Gasteiger partial charge in [0.1, 0.15) is 5.69 Å². The summed E-state index contributed by atoms with van der Waals surface area (Å²) in [5.41, 5.74) is 4.91. The van der Waals surface area contributed by atoms with E-state index in [9.17, 15) is 19.5 Å². The van der Waals surface area contributed by atoms with Gasteiger partial charge in [-0.1, -0.05) is 48.5 Å². The summed E-state index contributed by atoms with van der Waals surface area (Å²) in [5, 5.41) is 16.2. The zero-order valence-electron chi connectivity index (χ0n) is 21.0. The standard InChI is InChI=1S/C31H29N3O4/c35-27-14-17-34(18-15-27)26-11-9-23(10-12-26)29(36)19-21-1-5-24(6-2-21)31(38)25-7-3-22(4-8-25)20-30(37)28-13-16-32-33-28/h1-13,16,27,35H,14-15,17-20H2,(H,32,33). The van der Waals surface area contributed by atoms with Gasteiger partial charge in [0.15, 0.2) is 17.3 Å². The van der Waals surface area contributed by atoms with Crippen LogP contribution in [0, 0.1) is 0 Å². The monoisotopic (exact) mass is 507 g/mol. The lowest BCUT2D eigenvalue weighted by Gasteiger charge is -2.31. The van der Waals surface area contributed by atoms with E-state index in [1.54, 1.807) is 42.5 Å². The van der Waals surface area contributed by atoms with Gasteiger partial charge in [0.05, 0.1) is 6.10 Å². The molecule has 2 N–H and O–H groups in total. The van der Waals surface area contributed by atoms with E-state index in [1.165, 1.54) is 6.20 Å². The number of rotatable bonds is 9. The third-order valence-electron chi connectivity index (χ3n) is 6.98. The molecule has 0 radical (unpaired) electrons. The molecule has 7 heteroatoms. The quantitative estimate of drug-likeness (QED) is 0.325. The molecule has 0 spiro atoms. The van der Waals surface area contributed by atoms with Crippen molar-refractivity contribution in [3.05, 3.63) is 119 Å². The van der Waals surface area contributed by atoms with Gasteiger partial charge >= 0.3 is 0 Å². The fourth-order valence-corrected chi connectivity index (χ4v) is 4.68. The van der Waals surface area contributed by atoms with E-state index in [2.05, 4.69) is 15.1 Å². The number of ketones is 3. The van der Waals surface area contributed by atoms with E-state index in [0.29, 0.717) is 22.4 Å². The van der Waals surface area contributed by atoms with Crippen molar-refractivity contribution in [3.63, 3.8) is 0 Å². The van der Waals surface area contributed by atoms with Crippen molar-refractivity contribution in [2.45, 2.75) is 31.8 Å². The van der Waals surface area contributed by atoms with Crippen LogP contribution < -0.4 is 4.90 Å². The second-order valence-corrected chi connectivity index (χ2v) is 9.66. The van der Waals surface area contributed by atoms with Crippen LogP contribution in [0.5, 0.6) is 0 Å². The topological polar surface area (TPSA) is 103 Å². The van der Waals surface area contributed by atoms with Crippen LogP contribution in [0.25, 0.3) is 0 Å². The molecule has 1 aromatic heterocycles. The highest BCUT2D eigenvalue weighted by Crippen LogP contribution is 2.21. The van der Waals surface area contributed by atoms with Crippen molar-refractivity contribution in [2.75, 3.05) is 18.0 Å². The summed E-state index contributed by atoms with van der Waals surface area (Å²) in [6, 6.07) is 23.4. The molecular formula is C31H29N3O4. The predicted octanol–water partition coefficient (Wildman–Crippen LogP) is 4.45. The molecule has 38 heavy (non-hydrogen) atoms. The Morgan fingerprint density at radius 2 is 1.26 bits per heavy atom. The van der Waals surface area contributed by atoms with E-state index >= 15 is 0 Å². The molecule has 1 aliphatic heterocycles. The maximum absolute atomic E-state index is 12.9. The molecule has 0 bridgehead atoms. The highest BCUT2D eigenvalue weighted by atomic mass is 16.3. The summed E-state index contributed by atoms with van der Waals surface area (Å²) < 4.78 is 0. The smallest absolute Gasteiger partial charge is 0.193 e. The van der Waals surface area contributed by atoms with Gasteiger partial charge in [-0.2, -0.15) is 5.10 Å². The minimum atomic E-state index is -0.218. The van der Waals surface area contributed by atoms with E-state index in [-0.39, 0.29) is 36.3 Å². The minimum Gasteiger partial charge on any atom is -0.393 e. The van der Waals surface area contributed by atoms with Gasteiger partial charge in [-0.3, -0.25) is 19.5 Å². The number of piperidine rings is 1. The van der Waals surface area contributed by atoms with Crippen LogP contribution in [-0.4, -0.2) is 51.8 Å². The van der Waals surface area contributed by atoms with Crippen molar-refractivity contribution >= 4 is 23.0 Å². The van der Waals surface area contributed by atoms with E-state index in [1.807, 2.05) is 36.4 Å². The summed E-state index contributed by atoms with van der Waals surface area (Å²) in [5.74, 6) is -0.162. The van der Waals surface area contributed by atoms with Gasteiger partial charge in [0.2, 0.25) is 0 Å². The summed E-state index contributed by atoms with van der Waals surface area (Å²) >= 11 is 0. The molecule has 4 aromatic rings. The average molecular weight is 508 g/mol. The summed E-state index contributed by atoms with van der Waals surface area (Å²) in [7, 11) is 0. The Bertz CT molecular complexity index is 1400. The molecule has 5 rings (SSSR count). The molecule has 0 aliphatic carbocycles. The second-order valence-electron chi connectivity index (χ2n) is 9.66. The largest absolute Gasteiger partial charge is 0.393 e. The lowest BCUT2D eigenvalue weighted by Crippen LogP contribution is -2.35. The van der Waals surface area contributed by atoms with Gasteiger partial charge < -0.3 is 10.0 Å². The van der Waals surface area contributed by atoms with Crippen LogP contribution in [0.2, 0.25) is 0 Å². The van der Waals surface area contributed by atoms with Crippen molar-refractivity contribution in [1.82, 2.24) is 10.2 Å². The fourth-order valence-electron chi connectivity index (χ4n) is 4.68. The molecule has 0 unspecified atom stereocenters. The Kier molecular flexibility index (Phi) is 7.56. The van der Waals surface area contributed by atoms with Crippen molar-refractivity contribution in [2.24, 2.45) is 0 Å².